The molecule has 4 rings (SSSR count). The topological polar surface area (TPSA) is 125 Å². The van der Waals surface area contributed by atoms with Crippen LogP contribution in [0, 0.1) is 21.8 Å². The number of carbonyl (C=O) groups is 1. The number of aliphatic carboxylic acids is 1. The lowest BCUT2D eigenvalue weighted by Gasteiger charge is -2.32. The van der Waals surface area contributed by atoms with E-state index in [9.17, 15) is 19.3 Å². The number of benzene rings is 1. The van der Waals surface area contributed by atoms with E-state index in [1.807, 2.05) is 11.0 Å². The molecule has 0 atom stereocenters. The van der Waals surface area contributed by atoms with Crippen molar-refractivity contribution in [1.29, 1.82) is 0 Å². The van der Waals surface area contributed by atoms with Crippen LogP contribution in [-0.2, 0) is 4.79 Å². The van der Waals surface area contributed by atoms with Crippen LogP contribution in [0.25, 0.3) is 0 Å². The van der Waals surface area contributed by atoms with Crippen molar-refractivity contribution in [1.82, 2.24) is 9.97 Å². The number of hydrogen-bond donors (Lipinski definition) is 2. The number of hydrogen-bond acceptors (Lipinski definition) is 8. The Labute approximate surface area is 194 Å². The highest BCUT2D eigenvalue weighted by molar-refractivity contribution is 5.72. The van der Waals surface area contributed by atoms with Crippen LogP contribution in [0.4, 0.5) is 38.8 Å². The molecule has 0 radical (unpaired) electrons. The van der Waals surface area contributed by atoms with Gasteiger partial charge >= 0.3 is 11.7 Å². The van der Waals surface area contributed by atoms with E-state index in [1.54, 1.807) is 42.5 Å². The molecule has 2 N–H and O–H groups in total. The summed E-state index contributed by atoms with van der Waals surface area (Å²) in [4.78, 5) is 34.1. The molecule has 0 bridgehead atoms. The fourth-order valence-electron chi connectivity index (χ4n) is 3.90. The van der Waals surface area contributed by atoms with Crippen molar-refractivity contribution in [3.63, 3.8) is 0 Å². The van der Waals surface area contributed by atoms with Crippen molar-refractivity contribution in [2.45, 2.75) is 12.8 Å². The van der Waals surface area contributed by atoms with Gasteiger partial charge in [0.25, 0.3) is 0 Å². The summed E-state index contributed by atoms with van der Waals surface area (Å²) < 4.78 is 14.9. The van der Waals surface area contributed by atoms with Crippen LogP contribution in [0.2, 0.25) is 0 Å². The SMILES string of the molecule is CN(c1cccnc1)c1ccc([N+](=O)[O-])c(Nc2ccc(N3CCC(C(=O)O)CC3)c(F)c2)n1. The lowest BCUT2D eigenvalue weighted by atomic mass is 9.96. The minimum absolute atomic E-state index is 0.0207. The number of anilines is 5. The highest BCUT2D eigenvalue weighted by Crippen LogP contribution is 2.32. The van der Waals surface area contributed by atoms with E-state index in [1.165, 1.54) is 18.2 Å². The third-order valence-corrected chi connectivity index (χ3v) is 5.83. The molecular formula is C23H23FN6O4. The average molecular weight is 466 g/mol. The van der Waals surface area contributed by atoms with E-state index >= 15 is 0 Å². The molecule has 11 heteroatoms. The quantitative estimate of drug-likeness (QED) is 0.386. The summed E-state index contributed by atoms with van der Waals surface area (Å²) in [6, 6.07) is 10.9. The Hall–Kier alpha value is -4.28. The fraction of sp³-hybridized carbons (Fsp3) is 0.261. The number of nitrogens with zero attached hydrogens (tertiary/aromatic N) is 5. The van der Waals surface area contributed by atoms with Gasteiger partial charge in [-0.2, -0.15) is 0 Å². The molecule has 3 aromatic rings. The molecule has 1 aliphatic heterocycles. The van der Waals surface area contributed by atoms with Crippen molar-refractivity contribution < 1.29 is 19.2 Å². The smallest absolute Gasteiger partial charge is 0.311 e. The summed E-state index contributed by atoms with van der Waals surface area (Å²) in [6.07, 6.45) is 4.17. The first-order valence-electron chi connectivity index (χ1n) is 10.7. The molecule has 34 heavy (non-hydrogen) atoms. The minimum Gasteiger partial charge on any atom is -0.481 e. The van der Waals surface area contributed by atoms with Gasteiger partial charge in [0.15, 0.2) is 0 Å². The van der Waals surface area contributed by atoms with Crippen molar-refractivity contribution in [2.75, 3.05) is 35.3 Å². The summed E-state index contributed by atoms with van der Waals surface area (Å²) in [7, 11) is 1.76. The molecule has 1 fully saturated rings. The second kappa shape index (κ2) is 9.69. The zero-order valence-corrected chi connectivity index (χ0v) is 18.4. The van der Waals surface area contributed by atoms with Crippen LogP contribution in [0.3, 0.4) is 0 Å². The Morgan fingerprint density at radius 3 is 2.65 bits per heavy atom. The van der Waals surface area contributed by atoms with E-state index in [4.69, 9.17) is 5.11 Å². The molecule has 0 unspecified atom stereocenters. The van der Waals surface area contributed by atoms with Gasteiger partial charge in [0.1, 0.15) is 11.6 Å². The molecule has 0 saturated carbocycles. The molecule has 10 nitrogen and oxygen atoms in total. The van der Waals surface area contributed by atoms with E-state index < -0.39 is 22.6 Å². The van der Waals surface area contributed by atoms with Crippen LogP contribution in [-0.4, -0.2) is 46.1 Å². The normalized spacial score (nSPS) is 14.0. The number of piperidine rings is 1. The van der Waals surface area contributed by atoms with E-state index in [-0.39, 0.29) is 11.5 Å². The summed E-state index contributed by atoms with van der Waals surface area (Å²) in [5.41, 5.74) is 1.17. The van der Waals surface area contributed by atoms with Gasteiger partial charge in [0, 0.05) is 38.1 Å². The molecule has 1 aromatic carbocycles. The van der Waals surface area contributed by atoms with Gasteiger partial charge in [-0.15, -0.1) is 0 Å². The van der Waals surface area contributed by atoms with E-state index in [0.717, 1.165) is 5.69 Å². The monoisotopic (exact) mass is 466 g/mol. The van der Waals surface area contributed by atoms with Crippen LogP contribution >= 0.6 is 0 Å². The number of carboxylic acid groups (broad SMARTS) is 1. The maximum atomic E-state index is 14.9. The van der Waals surface area contributed by atoms with Gasteiger partial charge in [-0.05, 0) is 49.2 Å². The fourth-order valence-corrected chi connectivity index (χ4v) is 3.90. The van der Waals surface area contributed by atoms with Crippen molar-refractivity contribution in [2.24, 2.45) is 5.92 Å². The predicted molar refractivity (Wildman–Crippen MR) is 125 cm³/mol. The highest BCUT2D eigenvalue weighted by Gasteiger charge is 2.26. The van der Waals surface area contributed by atoms with Crippen molar-refractivity contribution in [3.8, 4) is 0 Å². The first-order chi connectivity index (χ1) is 16.3. The summed E-state index contributed by atoms with van der Waals surface area (Å²) >= 11 is 0. The number of aromatic nitrogens is 2. The second-order valence-electron chi connectivity index (χ2n) is 7.96. The molecule has 0 aliphatic carbocycles. The number of nitro groups is 1. The molecule has 0 spiro atoms. The van der Waals surface area contributed by atoms with Gasteiger partial charge in [-0.3, -0.25) is 19.9 Å². The third-order valence-electron chi connectivity index (χ3n) is 5.83. The highest BCUT2D eigenvalue weighted by atomic mass is 19.1. The molecule has 2 aromatic heterocycles. The summed E-state index contributed by atoms with van der Waals surface area (Å²) in [6.45, 7) is 0.882. The molecule has 1 aliphatic rings. The number of halogens is 1. The minimum atomic E-state index is -0.829. The van der Waals surface area contributed by atoms with Gasteiger partial charge in [0.2, 0.25) is 5.82 Å². The van der Waals surface area contributed by atoms with Gasteiger partial charge in [-0.1, -0.05) is 0 Å². The first-order valence-corrected chi connectivity index (χ1v) is 10.7. The van der Waals surface area contributed by atoms with Crippen LogP contribution in [0.1, 0.15) is 12.8 Å². The van der Waals surface area contributed by atoms with Crippen molar-refractivity contribution in [3.05, 3.63) is 70.8 Å². The van der Waals surface area contributed by atoms with Gasteiger partial charge in [0.05, 0.1) is 28.4 Å². The maximum absolute atomic E-state index is 14.9. The standard InChI is InChI=1S/C23H23FN6O4/c1-28(17-3-2-10-25-14-17)21-7-6-20(30(33)34)22(27-21)26-16-4-5-19(18(24)13-16)29-11-8-15(9-12-29)23(31)32/h2-7,10,13-15H,8-9,11-12H2,1H3,(H,26,27)(H,31,32). The average Bonchev–Trinajstić information content (AvgIpc) is 2.84. The number of pyridine rings is 2. The molecule has 176 valence electrons. The second-order valence-corrected chi connectivity index (χ2v) is 7.96. The van der Waals surface area contributed by atoms with Crippen molar-refractivity contribution >= 4 is 40.4 Å². The first kappa shape index (κ1) is 22.9. The number of nitrogens with one attached hydrogen (secondary N) is 1. The van der Waals surface area contributed by atoms with Crippen LogP contribution in [0.15, 0.2) is 54.9 Å². The zero-order chi connectivity index (χ0) is 24.2. The number of carboxylic acids is 1. The van der Waals surface area contributed by atoms with E-state index in [0.29, 0.717) is 43.1 Å². The Bertz CT molecular complexity index is 1200. The summed E-state index contributed by atoms with van der Waals surface area (Å²) in [5, 5.41) is 23.6. The zero-order valence-electron chi connectivity index (χ0n) is 18.4. The lowest BCUT2D eigenvalue weighted by Crippen LogP contribution is -2.36. The Morgan fingerprint density at radius 2 is 2.03 bits per heavy atom. The number of rotatable bonds is 7. The molecular weight excluding hydrogens is 443 g/mol. The maximum Gasteiger partial charge on any atom is 0.311 e. The Morgan fingerprint density at radius 1 is 1.26 bits per heavy atom. The van der Waals surface area contributed by atoms with Crippen LogP contribution < -0.4 is 15.1 Å². The van der Waals surface area contributed by atoms with E-state index in [2.05, 4.69) is 15.3 Å². The molecule has 0 amide bonds. The molecule has 1 saturated heterocycles. The predicted octanol–water partition coefficient (Wildman–Crippen LogP) is 4.34. The third kappa shape index (κ3) is 4.87. The summed E-state index contributed by atoms with van der Waals surface area (Å²) in [5.74, 6) is -1.33. The lowest BCUT2D eigenvalue weighted by molar-refractivity contribution is -0.384. The van der Waals surface area contributed by atoms with Gasteiger partial charge < -0.3 is 20.2 Å². The Kier molecular flexibility index (Phi) is 6.53. The largest absolute Gasteiger partial charge is 0.481 e. The Balaban J connectivity index is 1.56. The molecule has 3 heterocycles. The van der Waals surface area contributed by atoms with Gasteiger partial charge in [-0.25, -0.2) is 9.37 Å². The van der Waals surface area contributed by atoms with Crippen LogP contribution in [0.5, 0.6) is 0 Å².